The normalized spacial score (nSPS) is 10.9. The Labute approximate surface area is 108 Å². The molecule has 0 fully saturated rings. The smallest absolute Gasteiger partial charge is 0.322 e. The third-order valence-electron chi connectivity index (χ3n) is 1.86. The predicted octanol–water partition coefficient (Wildman–Crippen LogP) is 3.26. The van der Waals surface area contributed by atoms with E-state index < -0.39 is 0 Å². The van der Waals surface area contributed by atoms with Gasteiger partial charge in [0.1, 0.15) is 5.69 Å². The van der Waals surface area contributed by atoms with Gasteiger partial charge in [0.15, 0.2) is 0 Å². The van der Waals surface area contributed by atoms with Gasteiger partial charge in [-0.05, 0) is 19.9 Å². The Morgan fingerprint density at radius 2 is 2.12 bits per heavy atom. The summed E-state index contributed by atoms with van der Waals surface area (Å²) in [5.41, 5.74) is 0.441. The van der Waals surface area contributed by atoms with Crippen LogP contribution in [-0.4, -0.2) is 21.2 Å². The zero-order valence-electron chi connectivity index (χ0n) is 9.24. The Bertz CT molecular complexity index is 527. The third kappa shape index (κ3) is 2.87. The van der Waals surface area contributed by atoms with Crippen LogP contribution in [0.1, 0.15) is 13.8 Å². The van der Waals surface area contributed by atoms with E-state index in [1.54, 1.807) is 6.07 Å². The molecule has 0 radical (unpaired) electrons. The molecule has 0 aliphatic heterocycles. The van der Waals surface area contributed by atoms with Crippen molar-refractivity contribution in [3.05, 3.63) is 22.3 Å². The number of anilines is 1. The first kappa shape index (κ1) is 12.1. The molecule has 0 unspecified atom stereocenters. The minimum absolute atomic E-state index is 0.206. The minimum atomic E-state index is 0.206. The van der Waals surface area contributed by atoms with Crippen LogP contribution in [-0.2, 0) is 0 Å². The Balaban J connectivity index is 2.30. The van der Waals surface area contributed by atoms with E-state index in [0.717, 1.165) is 0 Å². The molecule has 2 aromatic heterocycles. The van der Waals surface area contributed by atoms with Crippen molar-refractivity contribution in [2.24, 2.45) is 0 Å². The molecule has 0 amide bonds. The van der Waals surface area contributed by atoms with E-state index in [2.05, 4.69) is 20.4 Å². The second-order valence-electron chi connectivity index (χ2n) is 3.71. The summed E-state index contributed by atoms with van der Waals surface area (Å²) in [5.74, 6) is 0.329. The number of nitrogens with zero attached hydrogens (tertiary/aromatic N) is 3. The largest absolute Gasteiger partial charge is 0.336 e. The van der Waals surface area contributed by atoms with Crippen molar-refractivity contribution in [1.82, 2.24) is 15.1 Å². The van der Waals surface area contributed by atoms with Gasteiger partial charge in [0.25, 0.3) is 0 Å². The number of rotatable bonds is 3. The van der Waals surface area contributed by atoms with Gasteiger partial charge in [-0.1, -0.05) is 28.4 Å². The maximum Gasteiger partial charge on any atom is 0.322 e. The van der Waals surface area contributed by atoms with Crippen molar-refractivity contribution in [1.29, 1.82) is 0 Å². The van der Waals surface area contributed by atoms with Crippen LogP contribution in [0, 0.1) is 0 Å². The van der Waals surface area contributed by atoms with Crippen molar-refractivity contribution in [3.63, 3.8) is 0 Å². The molecule has 2 aromatic rings. The topological polar surface area (TPSA) is 63.8 Å². The van der Waals surface area contributed by atoms with Crippen molar-refractivity contribution < 1.29 is 4.52 Å². The van der Waals surface area contributed by atoms with Crippen LogP contribution in [0.4, 0.5) is 6.01 Å². The molecule has 0 spiro atoms. The number of nitrogens with one attached hydrogen (secondary N) is 1. The van der Waals surface area contributed by atoms with Gasteiger partial charge in [-0.3, -0.25) is 0 Å². The van der Waals surface area contributed by atoms with Crippen molar-refractivity contribution >= 4 is 29.2 Å². The molecule has 2 rings (SSSR count). The van der Waals surface area contributed by atoms with Crippen LogP contribution >= 0.6 is 23.2 Å². The van der Waals surface area contributed by atoms with Gasteiger partial charge in [-0.15, -0.1) is 0 Å². The fourth-order valence-corrected chi connectivity index (χ4v) is 1.67. The van der Waals surface area contributed by atoms with E-state index in [9.17, 15) is 0 Å². The number of hydrogen-bond donors (Lipinski definition) is 1. The van der Waals surface area contributed by atoms with Gasteiger partial charge in [0.2, 0.25) is 5.82 Å². The van der Waals surface area contributed by atoms with E-state index in [1.807, 2.05) is 13.8 Å². The van der Waals surface area contributed by atoms with Gasteiger partial charge < -0.3 is 9.84 Å². The fraction of sp³-hybridized carbons (Fsp3) is 0.300. The summed E-state index contributed by atoms with van der Waals surface area (Å²) < 4.78 is 5.01. The van der Waals surface area contributed by atoms with Crippen LogP contribution in [0.15, 0.2) is 16.8 Å². The van der Waals surface area contributed by atoms with Crippen molar-refractivity contribution in [3.8, 4) is 11.5 Å². The molecule has 2 heterocycles. The Morgan fingerprint density at radius 1 is 1.35 bits per heavy atom. The first-order valence-electron chi connectivity index (χ1n) is 4.98. The van der Waals surface area contributed by atoms with E-state index in [4.69, 9.17) is 27.7 Å². The molecule has 0 aromatic carbocycles. The highest BCUT2D eigenvalue weighted by Crippen LogP contribution is 2.26. The SMILES string of the molecule is CC(C)Nc1nc(-c2ncc(Cl)cc2Cl)no1. The Kier molecular flexibility index (Phi) is 3.49. The Hall–Kier alpha value is -1.33. The predicted molar refractivity (Wildman–Crippen MR) is 66.3 cm³/mol. The summed E-state index contributed by atoms with van der Waals surface area (Å²) >= 11 is 11.7. The summed E-state index contributed by atoms with van der Waals surface area (Å²) in [4.78, 5) is 8.20. The van der Waals surface area contributed by atoms with E-state index >= 15 is 0 Å². The molecule has 0 aliphatic carbocycles. The Morgan fingerprint density at radius 3 is 2.76 bits per heavy atom. The minimum Gasteiger partial charge on any atom is -0.336 e. The second kappa shape index (κ2) is 4.89. The van der Waals surface area contributed by atoms with Gasteiger partial charge in [-0.25, -0.2) is 4.98 Å². The fourth-order valence-electron chi connectivity index (χ4n) is 1.20. The van der Waals surface area contributed by atoms with Gasteiger partial charge in [0, 0.05) is 12.2 Å². The summed E-state index contributed by atoms with van der Waals surface area (Å²) in [6.45, 7) is 3.94. The first-order valence-corrected chi connectivity index (χ1v) is 5.73. The van der Waals surface area contributed by atoms with Crippen LogP contribution < -0.4 is 5.32 Å². The monoisotopic (exact) mass is 272 g/mol. The molecule has 0 aliphatic rings. The molecule has 7 heteroatoms. The van der Waals surface area contributed by atoms with E-state index in [-0.39, 0.29) is 6.04 Å². The molecule has 17 heavy (non-hydrogen) atoms. The third-order valence-corrected chi connectivity index (χ3v) is 2.35. The first-order chi connectivity index (χ1) is 8.06. The molecule has 5 nitrogen and oxygen atoms in total. The lowest BCUT2D eigenvalue weighted by molar-refractivity contribution is 0.429. The standard InChI is InChI=1S/C10H10Cl2N4O/c1-5(2)14-10-15-9(16-17-10)8-7(12)3-6(11)4-13-8/h3-5H,1-2H3,(H,14,15,16). The molecule has 90 valence electrons. The van der Waals surface area contributed by atoms with Crippen molar-refractivity contribution in [2.75, 3.05) is 5.32 Å². The second-order valence-corrected chi connectivity index (χ2v) is 4.55. The quantitative estimate of drug-likeness (QED) is 0.929. The molecule has 0 bridgehead atoms. The highest BCUT2D eigenvalue weighted by molar-refractivity contribution is 6.35. The number of hydrogen-bond acceptors (Lipinski definition) is 5. The molecule has 1 N–H and O–H groups in total. The summed E-state index contributed by atoms with van der Waals surface area (Å²) in [6.07, 6.45) is 1.48. The van der Waals surface area contributed by atoms with Crippen molar-refractivity contribution in [2.45, 2.75) is 19.9 Å². The number of halogens is 2. The van der Waals surface area contributed by atoms with E-state index in [1.165, 1.54) is 6.20 Å². The maximum absolute atomic E-state index is 5.99. The maximum atomic E-state index is 5.99. The lowest BCUT2D eigenvalue weighted by atomic mass is 10.3. The number of pyridine rings is 1. The summed E-state index contributed by atoms with van der Waals surface area (Å²) in [5, 5.41) is 7.62. The highest BCUT2D eigenvalue weighted by Gasteiger charge is 2.13. The van der Waals surface area contributed by atoms with Crippen LogP contribution in [0.3, 0.4) is 0 Å². The molecule has 0 saturated heterocycles. The highest BCUT2D eigenvalue weighted by atomic mass is 35.5. The molecular formula is C10H10Cl2N4O. The lowest BCUT2D eigenvalue weighted by Gasteiger charge is -2.01. The zero-order chi connectivity index (χ0) is 12.4. The van der Waals surface area contributed by atoms with Gasteiger partial charge in [-0.2, -0.15) is 4.98 Å². The van der Waals surface area contributed by atoms with Crippen LogP contribution in [0.25, 0.3) is 11.5 Å². The van der Waals surface area contributed by atoms with Gasteiger partial charge >= 0.3 is 6.01 Å². The van der Waals surface area contributed by atoms with Crippen LogP contribution in [0.2, 0.25) is 10.0 Å². The van der Waals surface area contributed by atoms with Gasteiger partial charge in [0.05, 0.1) is 10.0 Å². The summed E-state index contributed by atoms with van der Waals surface area (Å²) in [7, 11) is 0. The van der Waals surface area contributed by atoms with E-state index in [0.29, 0.717) is 27.6 Å². The number of aromatic nitrogens is 3. The van der Waals surface area contributed by atoms with Crippen LogP contribution in [0.5, 0.6) is 0 Å². The average Bonchev–Trinajstić information content (AvgIpc) is 2.65. The lowest BCUT2D eigenvalue weighted by Crippen LogP contribution is -2.09. The molecular weight excluding hydrogens is 263 g/mol. The molecule has 0 atom stereocenters. The molecule has 0 saturated carbocycles. The average molecular weight is 273 g/mol. The summed E-state index contributed by atoms with van der Waals surface area (Å²) in [6, 6.07) is 2.12. The zero-order valence-corrected chi connectivity index (χ0v) is 10.7.